The van der Waals surface area contributed by atoms with Crippen molar-refractivity contribution in [1.82, 2.24) is 0 Å². The lowest BCUT2D eigenvalue weighted by molar-refractivity contribution is 0.0665. The Morgan fingerprint density at radius 1 is 1.50 bits per heavy atom. The molecule has 0 saturated carbocycles. The van der Waals surface area contributed by atoms with Crippen LogP contribution in [0.25, 0.3) is 11.0 Å². The maximum Gasteiger partial charge on any atom is 0.371 e. The summed E-state index contributed by atoms with van der Waals surface area (Å²) in [6, 6.07) is 3.87. The van der Waals surface area contributed by atoms with Crippen molar-refractivity contribution in [3.05, 3.63) is 29.8 Å². The zero-order valence-corrected chi connectivity index (χ0v) is 6.95. The summed E-state index contributed by atoms with van der Waals surface area (Å²) in [7, 11) is 0. The van der Waals surface area contributed by atoms with Crippen molar-refractivity contribution < 1.29 is 18.7 Å². The average Bonchev–Trinajstić information content (AvgIpc) is 2.56. The first-order chi connectivity index (χ1) is 6.59. The van der Waals surface area contributed by atoms with E-state index < -0.39 is 11.8 Å². The van der Waals surface area contributed by atoms with Gasteiger partial charge in [0.25, 0.3) is 0 Å². The summed E-state index contributed by atoms with van der Waals surface area (Å²) in [6.07, 6.45) is 0. The molecule has 3 N–H and O–H groups in total. The summed E-state index contributed by atoms with van der Waals surface area (Å²) in [5.41, 5.74) is 5.45. The van der Waals surface area contributed by atoms with E-state index in [0.29, 0.717) is 0 Å². The van der Waals surface area contributed by atoms with Gasteiger partial charge in [-0.2, -0.15) is 0 Å². The van der Waals surface area contributed by atoms with Gasteiger partial charge in [0.15, 0.2) is 5.82 Å². The van der Waals surface area contributed by atoms with Gasteiger partial charge in [-0.25, -0.2) is 9.18 Å². The van der Waals surface area contributed by atoms with Gasteiger partial charge >= 0.3 is 5.97 Å². The van der Waals surface area contributed by atoms with Crippen LogP contribution < -0.4 is 5.73 Å². The summed E-state index contributed by atoms with van der Waals surface area (Å²) in [6.45, 7) is 0. The molecular weight excluding hydrogens is 189 g/mol. The molecule has 0 spiro atoms. The molecule has 4 nitrogen and oxygen atoms in total. The predicted octanol–water partition coefficient (Wildman–Crippen LogP) is 1.85. The standard InChI is InChI=1S/C9H6FNO3/c10-8-4-3-7(9(12)13)14-6(4)2-1-5(8)11/h1-3H,11H2,(H,12,13). The molecule has 0 unspecified atom stereocenters. The maximum atomic E-state index is 13.3. The minimum absolute atomic E-state index is 0.0322. The Morgan fingerprint density at radius 3 is 2.86 bits per heavy atom. The number of hydrogen-bond donors (Lipinski definition) is 2. The van der Waals surface area contributed by atoms with Gasteiger partial charge in [0.2, 0.25) is 5.76 Å². The van der Waals surface area contributed by atoms with Gasteiger partial charge in [-0.3, -0.25) is 0 Å². The van der Waals surface area contributed by atoms with Crippen molar-refractivity contribution >= 4 is 22.6 Å². The summed E-state index contributed by atoms with van der Waals surface area (Å²) in [4.78, 5) is 10.5. The Morgan fingerprint density at radius 2 is 2.21 bits per heavy atom. The zero-order valence-electron chi connectivity index (χ0n) is 6.95. The Labute approximate surface area is 77.7 Å². The van der Waals surface area contributed by atoms with Gasteiger partial charge in [-0.05, 0) is 12.1 Å². The number of benzene rings is 1. The van der Waals surface area contributed by atoms with Crippen LogP contribution in [0.1, 0.15) is 10.6 Å². The Bertz CT molecular complexity index is 518. The number of aromatic carboxylic acids is 1. The molecule has 0 saturated heterocycles. The fourth-order valence-corrected chi connectivity index (χ4v) is 1.20. The highest BCUT2D eigenvalue weighted by Crippen LogP contribution is 2.25. The van der Waals surface area contributed by atoms with Crippen molar-refractivity contribution in [3.8, 4) is 0 Å². The van der Waals surface area contributed by atoms with E-state index in [9.17, 15) is 9.18 Å². The fraction of sp³-hybridized carbons (Fsp3) is 0. The third kappa shape index (κ3) is 1.10. The average molecular weight is 195 g/mol. The molecule has 0 amide bonds. The molecule has 0 bridgehead atoms. The second kappa shape index (κ2) is 2.73. The van der Waals surface area contributed by atoms with E-state index in [1.54, 1.807) is 0 Å². The number of carboxylic acid groups (broad SMARTS) is 1. The molecule has 0 fully saturated rings. The van der Waals surface area contributed by atoms with Crippen LogP contribution in [0.3, 0.4) is 0 Å². The zero-order chi connectivity index (χ0) is 10.3. The van der Waals surface area contributed by atoms with E-state index in [1.165, 1.54) is 12.1 Å². The third-order valence-electron chi connectivity index (χ3n) is 1.88. The van der Waals surface area contributed by atoms with Gasteiger partial charge < -0.3 is 15.3 Å². The lowest BCUT2D eigenvalue weighted by Gasteiger charge is -1.94. The van der Waals surface area contributed by atoms with Crippen LogP contribution in [0.5, 0.6) is 0 Å². The molecule has 1 aromatic carbocycles. The predicted molar refractivity (Wildman–Crippen MR) is 47.5 cm³/mol. The monoisotopic (exact) mass is 195 g/mol. The number of furan rings is 1. The van der Waals surface area contributed by atoms with Gasteiger partial charge in [-0.15, -0.1) is 0 Å². The fourth-order valence-electron chi connectivity index (χ4n) is 1.20. The van der Waals surface area contributed by atoms with E-state index in [4.69, 9.17) is 15.3 Å². The number of anilines is 1. The summed E-state index contributed by atoms with van der Waals surface area (Å²) in [5, 5.41) is 8.68. The van der Waals surface area contributed by atoms with E-state index in [-0.39, 0.29) is 22.4 Å². The third-order valence-corrected chi connectivity index (χ3v) is 1.88. The molecule has 0 atom stereocenters. The van der Waals surface area contributed by atoms with Gasteiger partial charge in [0.05, 0.1) is 11.1 Å². The van der Waals surface area contributed by atoms with Crippen LogP contribution in [0.2, 0.25) is 0 Å². The molecule has 0 aliphatic rings. The highest BCUT2D eigenvalue weighted by Gasteiger charge is 2.14. The molecule has 0 aliphatic heterocycles. The topological polar surface area (TPSA) is 76.5 Å². The number of nitrogen functional groups attached to an aromatic ring is 1. The first-order valence-electron chi connectivity index (χ1n) is 3.80. The second-order valence-electron chi connectivity index (χ2n) is 2.80. The van der Waals surface area contributed by atoms with Gasteiger partial charge in [0.1, 0.15) is 5.58 Å². The van der Waals surface area contributed by atoms with E-state index in [2.05, 4.69) is 0 Å². The lowest BCUT2D eigenvalue weighted by Crippen LogP contribution is -1.91. The molecule has 1 aromatic heterocycles. The summed E-state index contributed by atoms with van der Waals surface area (Å²) >= 11 is 0. The SMILES string of the molecule is Nc1ccc2oc(C(=O)O)cc2c1F. The normalized spacial score (nSPS) is 10.6. The Hall–Kier alpha value is -2.04. The number of hydrogen-bond acceptors (Lipinski definition) is 3. The maximum absolute atomic E-state index is 13.3. The van der Waals surface area contributed by atoms with Crippen LogP contribution in [-0.4, -0.2) is 11.1 Å². The number of halogens is 1. The minimum Gasteiger partial charge on any atom is -0.475 e. The minimum atomic E-state index is -1.24. The van der Waals surface area contributed by atoms with Crippen LogP contribution in [0, 0.1) is 5.82 Å². The van der Waals surface area contributed by atoms with Crippen LogP contribution in [-0.2, 0) is 0 Å². The number of carbonyl (C=O) groups is 1. The first-order valence-corrected chi connectivity index (χ1v) is 3.80. The Balaban J connectivity index is 2.77. The smallest absolute Gasteiger partial charge is 0.371 e. The van der Waals surface area contributed by atoms with Crippen molar-refractivity contribution in [2.24, 2.45) is 0 Å². The van der Waals surface area contributed by atoms with Crippen molar-refractivity contribution in [1.29, 1.82) is 0 Å². The van der Waals surface area contributed by atoms with Crippen molar-refractivity contribution in [2.75, 3.05) is 5.73 Å². The number of nitrogens with two attached hydrogens (primary N) is 1. The molecule has 0 radical (unpaired) electrons. The summed E-state index contributed by atoms with van der Waals surface area (Å²) in [5.74, 6) is -2.19. The van der Waals surface area contributed by atoms with Gasteiger partial charge in [-0.1, -0.05) is 0 Å². The van der Waals surface area contributed by atoms with Crippen LogP contribution in [0.15, 0.2) is 22.6 Å². The highest BCUT2D eigenvalue weighted by molar-refractivity contribution is 5.92. The van der Waals surface area contributed by atoms with Crippen molar-refractivity contribution in [2.45, 2.75) is 0 Å². The van der Waals surface area contributed by atoms with Crippen molar-refractivity contribution in [3.63, 3.8) is 0 Å². The molecule has 72 valence electrons. The largest absolute Gasteiger partial charge is 0.475 e. The molecule has 2 rings (SSSR count). The van der Waals surface area contributed by atoms with E-state index in [1.807, 2.05) is 0 Å². The van der Waals surface area contributed by atoms with Gasteiger partial charge in [0, 0.05) is 6.07 Å². The lowest BCUT2D eigenvalue weighted by atomic mass is 10.2. The first kappa shape index (κ1) is 8.55. The summed E-state index contributed by atoms with van der Waals surface area (Å²) < 4.78 is 18.2. The number of fused-ring (bicyclic) bond motifs is 1. The molecular formula is C9H6FNO3. The number of carboxylic acids is 1. The van der Waals surface area contributed by atoms with E-state index in [0.717, 1.165) is 6.07 Å². The molecule has 14 heavy (non-hydrogen) atoms. The molecule has 2 aromatic rings. The molecule has 5 heteroatoms. The van der Waals surface area contributed by atoms with E-state index >= 15 is 0 Å². The molecule has 0 aliphatic carbocycles. The van der Waals surface area contributed by atoms with Crippen LogP contribution in [0.4, 0.5) is 10.1 Å². The highest BCUT2D eigenvalue weighted by atomic mass is 19.1. The number of rotatable bonds is 1. The second-order valence-corrected chi connectivity index (χ2v) is 2.80. The van der Waals surface area contributed by atoms with Crippen LogP contribution >= 0.6 is 0 Å². The molecule has 1 heterocycles. The Kier molecular flexibility index (Phi) is 1.67. The quantitative estimate of drug-likeness (QED) is 0.681.